The number of fused-ring (bicyclic) bond motifs is 1. The molecule has 1 heterocycles. The summed E-state index contributed by atoms with van der Waals surface area (Å²) >= 11 is 6.19. The number of ether oxygens (including phenoxy) is 1. The fourth-order valence-electron chi connectivity index (χ4n) is 2.40. The molecular weight excluding hydrogens is 288 g/mol. The van der Waals surface area contributed by atoms with Gasteiger partial charge in [0, 0.05) is 6.61 Å². The number of rotatable bonds is 6. The molecular formula is C16H19ClN2O2. The average Bonchev–Trinajstić information content (AvgIpc) is 3.29. The summed E-state index contributed by atoms with van der Waals surface area (Å²) in [6.45, 7) is 3.64. The molecule has 0 saturated heterocycles. The van der Waals surface area contributed by atoms with Gasteiger partial charge in [-0.3, -0.25) is 9.36 Å². The van der Waals surface area contributed by atoms with Crippen molar-refractivity contribution in [3.8, 4) is 0 Å². The molecule has 21 heavy (non-hydrogen) atoms. The summed E-state index contributed by atoms with van der Waals surface area (Å²) < 4.78 is 7.28. The van der Waals surface area contributed by atoms with Crippen LogP contribution >= 0.6 is 11.6 Å². The standard InChI is InChI=1S/C16H19ClN2O2/c1-11(17)15-18-14-5-3-2-4-13(14)16(20)19(15)8-9-21-10-12-6-7-12/h2-5,11-12H,6-10H2,1H3. The van der Waals surface area contributed by atoms with E-state index in [4.69, 9.17) is 16.3 Å². The third-order valence-corrected chi connectivity index (χ3v) is 3.95. The summed E-state index contributed by atoms with van der Waals surface area (Å²) in [6.07, 6.45) is 2.53. The van der Waals surface area contributed by atoms with Crippen molar-refractivity contribution in [2.24, 2.45) is 5.92 Å². The van der Waals surface area contributed by atoms with Gasteiger partial charge in [-0.15, -0.1) is 11.6 Å². The predicted molar refractivity (Wildman–Crippen MR) is 83.8 cm³/mol. The Labute approximate surface area is 128 Å². The number of halogens is 1. The maximum atomic E-state index is 12.6. The molecule has 1 fully saturated rings. The van der Waals surface area contributed by atoms with Gasteiger partial charge in [0.25, 0.3) is 5.56 Å². The zero-order valence-corrected chi connectivity index (χ0v) is 12.8. The fourth-order valence-corrected chi connectivity index (χ4v) is 2.56. The molecule has 1 aliphatic rings. The first-order valence-corrected chi connectivity index (χ1v) is 7.81. The van der Waals surface area contributed by atoms with Crippen LogP contribution in [0.2, 0.25) is 0 Å². The third kappa shape index (κ3) is 3.27. The van der Waals surface area contributed by atoms with E-state index in [1.165, 1.54) is 12.8 Å². The lowest BCUT2D eigenvalue weighted by Crippen LogP contribution is -2.27. The molecule has 1 aromatic carbocycles. The molecule has 2 aromatic rings. The lowest BCUT2D eigenvalue weighted by atomic mass is 10.2. The Kier molecular flexibility index (Phi) is 4.27. The van der Waals surface area contributed by atoms with Crippen LogP contribution in [0.1, 0.15) is 31.0 Å². The lowest BCUT2D eigenvalue weighted by molar-refractivity contribution is 0.115. The van der Waals surface area contributed by atoms with Gasteiger partial charge in [-0.25, -0.2) is 4.98 Å². The third-order valence-electron chi connectivity index (χ3n) is 3.76. The van der Waals surface area contributed by atoms with Gasteiger partial charge in [0.2, 0.25) is 0 Å². The molecule has 1 aliphatic carbocycles. The topological polar surface area (TPSA) is 44.1 Å². The van der Waals surface area contributed by atoms with Gasteiger partial charge in [0.1, 0.15) is 5.82 Å². The Bertz CT molecular complexity index is 692. The molecule has 0 radical (unpaired) electrons. The minimum atomic E-state index is -0.314. The van der Waals surface area contributed by atoms with Crippen LogP contribution < -0.4 is 5.56 Å². The molecule has 0 bridgehead atoms. The van der Waals surface area contributed by atoms with Crippen molar-refractivity contribution in [1.82, 2.24) is 9.55 Å². The van der Waals surface area contributed by atoms with Crippen molar-refractivity contribution < 1.29 is 4.74 Å². The zero-order chi connectivity index (χ0) is 14.8. The van der Waals surface area contributed by atoms with E-state index in [9.17, 15) is 4.79 Å². The molecule has 0 amide bonds. The molecule has 1 atom stereocenters. The first-order chi connectivity index (χ1) is 10.2. The Morgan fingerprint density at radius 2 is 2.19 bits per heavy atom. The van der Waals surface area contributed by atoms with Gasteiger partial charge in [0.15, 0.2) is 0 Å². The van der Waals surface area contributed by atoms with Gasteiger partial charge in [-0.2, -0.15) is 0 Å². The molecule has 3 rings (SSSR count). The monoisotopic (exact) mass is 306 g/mol. The highest BCUT2D eigenvalue weighted by molar-refractivity contribution is 6.20. The normalized spacial score (nSPS) is 16.3. The number of aromatic nitrogens is 2. The van der Waals surface area contributed by atoms with Crippen LogP contribution in [-0.4, -0.2) is 22.8 Å². The number of alkyl halides is 1. The second-order valence-electron chi connectivity index (χ2n) is 5.58. The van der Waals surface area contributed by atoms with E-state index in [0.29, 0.717) is 29.9 Å². The highest BCUT2D eigenvalue weighted by atomic mass is 35.5. The molecule has 5 heteroatoms. The van der Waals surface area contributed by atoms with Crippen LogP contribution in [-0.2, 0) is 11.3 Å². The van der Waals surface area contributed by atoms with Crippen LogP contribution in [0.15, 0.2) is 29.1 Å². The van der Waals surface area contributed by atoms with Crippen LogP contribution in [0.25, 0.3) is 10.9 Å². The number of nitrogens with zero attached hydrogens (tertiary/aromatic N) is 2. The molecule has 1 aromatic heterocycles. The SMILES string of the molecule is CC(Cl)c1nc2ccccc2c(=O)n1CCOCC1CC1. The van der Waals surface area contributed by atoms with E-state index in [2.05, 4.69) is 4.98 Å². The first-order valence-electron chi connectivity index (χ1n) is 7.38. The minimum Gasteiger partial charge on any atom is -0.379 e. The van der Waals surface area contributed by atoms with E-state index in [-0.39, 0.29) is 10.9 Å². The first kappa shape index (κ1) is 14.5. The summed E-state index contributed by atoms with van der Waals surface area (Å²) in [5, 5.41) is 0.312. The van der Waals surface area contributed by atoms with Gasteiger partial charge in [-0.1, -0.05) is 12.1 Å². The predicted octanol–water partition coefficient (Wildman–Crippen LogP) is 3.12. The van der Waals surface area contributed by atoms with Crippen molar-refractivity contribution in [3.05, 3.63) is 40.4 Å². The highest BCUT2D eigenvalue weighted by Crippen LogP contribution is 2.28. The summed E-state index contributed by atoms with van der Waals surface area (Å²) in [7, 11) is 0. The van der Waals surface area contributed by atoms with Crippen molar-refractivity contribution in [2.45, 2.75) is 31.7 Å². The average molecular weight is 307 g/mol. The Hall–Kier alpha value is -1.39. The molecule has 1 saturated carbocycles. The Balaban J connectivity index is 1.88. The number of hydrogen-bond donors (Lipinski definition) is 0. The van der Waals surface area contributed by atoms with Crippen molar-refractivity contribution in [2.75, 3.05) is 13.2 Å². The molecule has 1 unspecified atom stereocenters. The maximum absolute atomic E-state index is 12.6. The van der Waals surface area contributed by atoms with Crippen molar-refractivity contribution in [3.63, 3.8) is 0 Å². The van der Waals surface area contributed by atoms with E-state index in [1.54, 1.807) is 10.6 Å². The second kappa shape index (κ2) is 6.16. The largest absolute Gasteiger partial charge is 0.379 e. The van der Waals surface area contributed by atoms with E-state index in [0.717, 1.165) is 12.5 Å². The van der Waals surface area contributed by atoms with Crippen LogP contribution in [0, 0.1) is 5.92 Å². The molecule has 112 valence electrons. The van der Waals surface area contributed by atoms with Crippen LogP contribution in [0.5, 0.6) is 0 Å². The molecule has 0 N–H and O–H groups in total. The quantitative estimate of drug-likeness (QED) is 0.608. The second-order valence-corrected chi connectivity index (χ2v) is 6.23. The number of benzene rings is 1. The maximum Gasteiger partial charge on any atom is 0.261 e. The van der Waals surface area contributed by atoms with E-state index in [1.807, 2.05) is 25.1 Å². The smallest absolute Gasteiger partial charge is 0.261 e. The van der Waals surface area contributed by atoms with Gasteiger partial charge < -0.3 is 4.74 Å². The summed E-state index contributed by atoms with van der Waals surface area (Å²) in [5.74, 6) is 1.33. The van der Waals surface area contributed by atoms with Gasteiger partial charge in [0.05, 0.1) is 29.4 Å². The van der Waals surface area contributed by atoms with Crippen molar-refractivity contribution >= 4 is 22.5 Å². The van der Waals surface area contributed by atoms with Crippen molar-refractivity contribution in [1.29, 1.82) is 0 Å². The zero-order valence-electron chi connectivity index (χ0n) is 12.1. The summed E-state index contributed by atoms with van der Waals surface area (Å²) in [6, 6.07) is 7.37. The summed E-state index contributed by atoms with van der Waals surface area (Å²) in [4.78, 5) is 17.1. The summed E-state index contributed by atoms with van der Waals surface area (Å²) in [5.41, 5.74) is 0.651. The Morgan fingerprint density at radius 1 is 1.43 bits per heavy atom. The highest BCUT2D eigenvalue weighted by Gasteiger charge is 2.21. The van der Waals surface area contributed by atoms with E-state index >= 15 is 0 Å². The molecule has 0 spiro atoms. The Morgan fingerprint density at radius 3 is 2.90 bits per heavy atom. The van der Waals surface area contributed by atoms with Crippen LogP contribution in [0.4, 0.5) is 0 Å². The molecule has 0 aliphatic heterocycles. The van der Waals surface area contributed by atoms with Crippen LogP contribution in [0.3, 0.4) is 0 Å². The van der Waals surface area contributed by atoms with Gasteiger partial charge >= 0.3 is 0 Å². The van der Waals surface area contributed by atoms with Gasteiger partial charge in [-0.05, 0) is 37.8 Å². The number of hydrogen-bond acceptors (Lipinski definition) is 3. The minimum absolute atomic E-state index is 0.0434. The molecule has 4 nitrogen and oxygen atoms in total. The van der Waals surface area contributed by atoms with E-state index < -0.39 is 0 Å². The fraction of sp³-hybridized carbons (Fsp3) is 0.500. The lowest BCUT2D eigenvalue weighted by Gasteiger charge is -2.15. The number of para-hydroxylation sites is 1.